The standard InChI is InChI=1S/C15H18ClN3/c1-19(10-8-12-5-3-2-4-6-12)15-14(16)13(11-17)7-9-18-15/h2-7,9H,8,10-11,17H2,1H3. The van der Waals surface area contributed by atoms with E-state index >= 15 is 0 Å². The first-order valence-electron chi connectivity index (χ1n) is 6.31. The van der Waals surface area contributed by atoms with Crippen LogP contribution in [0.1, 0.15) is 11.1 Å². The van der Waals surface area contributed by atoms with Gasteiger partial charge in [-0.25, -0.2) is 4.98 Å². The number of rotatable bonds is 5. The van der Waals surface area contributed by atoms with Gasteiger partial charge in [-0.3, -0.25) is 0 Å². The third-order valence-corrected chi connectivity index (χ3v) is 3.52. The Morgan fingerprint density at radius 2 is 1.95 bits per heavy atom. The molecular weight excluding hydrogens is 258 g/mol. The van der Waals surface area contributed by atoms with Crippen LogP contribution in [0.5, 0.6) is 0 Å². The Morgan fingerprint density at radius 3 is 2.63 bits per heavy atom. The van der Waals surface area contributed by atoms with Crippen LogP contribution < -0.4 is 10.6 Å². The van der Waals surface area contributed by atoms with E-state index in [4.69, 9.17) is 17.3 Å². The van der Waals surface area contributed by atoms with E-state index in [-0.39, 0.29) is 0 Å². The molecule has 1 heterocycles. The van der Waals surface area contributed by atoms with Crippen molar-refractivity contribution in [3.63, 3.8) is 0 Å². The Kier molecular flexibility index (Phi) is 4.77. The molecule has 0 amide bonds. The highest BCUT2D eigenvalue weighted by atomic mass is 35.5. The summed E-state index contributed by atoms with van der Waals surface area (Å²) in [5, 5.41) is 0.653. The van der Waals surface area contributed by atoms with Gasteiger partial charge in [-0.15, -0.1) is 0 Å². The van der Waals surface area contributed by atoms with Crippen molar-refractivity contribution in [2.45, 2.75) is 13.0 Å². The number of benzene rings is 1. The van der Waals surface area contributed by atoms with Gasteiger partial charge >= 0.3 is 0 Å². The molecule has 4 heteroatoms. The van der Waals surface area contributed by atoms with Gasteiger partial charge in [0.25, 0.3) is 0 Å². The Bertz CT molecular complexity index is 528. The molecule has 3 nitrogen and oxygen atoms in total. The van der Waals surface area contributed by atoms with E-state index in [9.17, 15) is 0 Å². The smallest absolute Gasteiger partial charge is 0.147 e. The molecule has 0 aliphatic carbocycles. The molecule has 0 saturated carbocycles. The quantitative estimate of drug-likeness (QED) is 0.912. The highest BCUT2D eigenvalue weighted by molar-refractivity contribution is 6.33. The van der Waals surface area contributed by atoms with Crippen LogP contribution in [0.15, 0.2) is 42.6 Å². The van der Waals surface area contributed by atoms with E-state index in [0.29, 0.717) is 11.6 Å². The lowest BCUT2D eigenvalue weighted by Gasteiger charge is -2.20. The summed E-state index contributed by atoms with van der Waals surface area (Å²) in [6.07, 6.45) is 2.71. The lowest BCUT2D eigenvalue weighted by molar-refractivity contribution is 0.857. The molecule has 2 N–H and O–H groups in total. The summed E-state index contributed by atoms with van der Waals surface area (Å²) >= 11 is 6.30. The van der Waals surface area contributed by atoms with E-state index in [1.54, 1.807) is 6.20 Å². The van der Waals surface area contributed by atoms with Crippen LogP contribution in [0.2, 0.25) is 5.02 Å². The predicted octanol–water partition coefficient (Wildman–Crippen LogP) is 2.87. The molecule has 1 aromatic heterocycles. The van der Waals surface area contributed by atoms with Crippen molar-refractivity contribution in [2.24, 2.45) is 5.73 Å². The Balaban J connectivity index is 2.06. The minimum absolute atomic E-state index is 0.431. The van der Waals surface area contributed by atoms with Gasteiger partial charge in [-0.2, -0.15) is 0 Å². The molecule has 0 aliphatic heterocycles. The molecule has 19 heavy (non-hydrogen) atoms. The van der Waals surface area contributed by atoms with Gasteiger partial charge in [0, 0.05) is 26.3 Å². The summed E-state index contributed by atoms with van der Waals surface area (Å²) in [6, 6.07) is 12.2. The number of halogens is 1. The molecule has 0 aliphatic rings. The second kappa shape index (κ2) is 6.55. The van der Waals surface area contributed by atoms with Crippen molar-refractivity contribution in [1.29, 1.82) is 0 Å². The molecule has 0 unspecified atom stereocenters. The molecule has 0 fully saturated rings. The maximum Gasteiger partial charge on any atom is 0.147 e. The third-order valence-electron chi connectivity index (χ3n) is 3.11. The summed E-state index contributed by atoms with van der Waals surface area (Å²) in [6.45, 7) is 1.30. The van der Waals surface area contributed by atoms with Crippen LogP contribution in [0.4, 0.5) is 5.82 Å². The lowest BCUT2D eigenvalue weighted by Crippen LogP contribution is -2.22. The van der Waals surface area contributed by atoms with E-state index in [1.165, 1.54) is 5.56 Å². The second-order valence-corrected chi connectivity index (χ2v) is 4.85. The Labute approximate surface area is 119 Å². The zero-order chi connectivity index (χ0) is 13.7. The van der Waals surface area contributed by atoms with Crippen molar-refractivity contribution in [2.75, 3.05) is 18.5 Å². The van der Waals surface area contributed by atoms with Gasteiger partial charge in [-0.1, -0.05) is 41.9 Å². The fraction of sp³-hybridized carbons (Fsp3) is 0.267. The average Bonchev–Trinajstić information content (AvgIpc) is 2.46. The van der Waals surface area contributed by atoms with E-state index in [0.717, 1.165) is 24.3 Å². The van der Waals surface area contributed by atoms with E-state index in [1.807, 2.05) is 19.2 Å². The number of nitrogens with two attached hydrogens (primary N) is 1. The maximum atomic E-state index is 6.30. The fourth-order valence-electron chi connectivity index (χ4n) is 1.94. The largest absolute Gasteiger partial charge is 0.358 e. The number of aromatic nitrogens is 1. The molecule has 0 atom stereocenters. The normalized spacial score (nSPS) is 10.5. The van der Waals surface area contributed by atoms with Crippen molar-refractivity contribution in [3.8, 4) is 0 Å². The van der Waals surface area contributed by atoms with Gasteiger partial charge in [-0.05, 0) is 23.6 Å². The fourth-order valence-corrected chi connectivity index (χ4v) is 2.28. The van der Waals surface area contributed by atoms with Crippen molar-refractivity contribution in [1.82, 2.24) is 4.98 Å². The summed E-state index contributed by atoms with van der Waals surface area (Å²) in [5.74, 6) is 0.792. The molecule has 1 aromatic carbocycles. The first-order valence-corrected chi connectivity index (χ1v) is 6.68. The topological polar surface area (TPSA) is 42.2 Å². The molecule has 2 aromatic rings. The predicted molar refractivity (Wildman–Crippen MR) is 80.6 cm³/mol. The first-order chi connectivity index (χ1) is 9.22. The second-order valence-electron chi connectivity index (χ2n) is 4.47. The van der Waals surface area contributed by atoms with Crippen LogP contribution in [0.25, 0.3) is 0 Å². The average molecular weight is 276 g/mol. The maximum absolute atomic E-state index is 6.30. The summed E-state index contributed by atoms with van der Waals surface area (Å²) in [7, 11) is 2.00. The first kappa shape index (κ1) is 13.8. The molecular formula is C15H18ClN3. The van der Waals surface area contributed by atoms with Gasteiger partial charge in [0.05, 0.1) is 5.02 Å². The van der Waals surface area contributed by atoms with E-state index < -0.39 is 0 Å². The number of nitrogens with zero attached hydrogens (tertiary/aromatic N) is 2. The number of pyridine rings is 1. The van der Waals surface area contributed by atoms with Crippen LogP contribution in [0, 0.1) is 0 Å². The third kappa shape index (κ3) is 3.46. The Hall–Kier alpha value is -1.58. The summed E-state index contributed by atoms with van der Waals surface area (Å²) < 4.78 is 0. The zero-order valence-corrected chi connectivity index (χ0v) is 11.8. The highest BCUT2D eigenvalue weighted by Crippen LogP contribution is 2.25. The van der Waals surface area contributed by atoms with E-state index in [2.05, 4.69) is 34.1 Å². The molecule has 2 rings (SSSR count). The SMILES string of the molecule is CN(CCc1ccccc1)c1nccc(CN)c1Cl. The Morgan fingerprint density at radius 1 is 1.21 bits per heavy atom. The van der Waals surface area contributed by atoms with Crippen molar-refractivity contribution < 1.29 is 0 Å². The van der Waals surface area contributed by atoms with Gasteiger partial charge in [0.15, 0.2) is 0 Å². The van der Waals surface area contributed by atoms with Gasteiger partial charge in [0.2, 0.25) is 0 Å². The van der Waals surface area contributed by atoms with Crippen LogP contribution in [-0.2, 0) is 13.0 Å². The van der Waals surface area contributed by atoms with Gasteiger partial charge < -0.3 is 10.6 Å². The molecule has 0 bridgehead atoms. The zero-order valence-electron chi connectivity index (χ0n) is 11.0. The molecule has 0 radical (unpaired) electrons. The van der Waals surface area contributed by atoms with Crippen molar-refractivity contribution in [3.05, 3.63) is 58.7 Å². The van der Waals surface area contributed by atoms with Gasteiger partial charge in [0.1, 0.15) is 5.82 Å². The monoisotopic (exact) mass is 275 g/mol. The number of anilines is 1. The lowest BCUT2D eigenvalue weighted by atomic mass is 10.1. The molecule has 100 valence electrons. The molecule has 0 saturated heterocycles. The highest BCUT2D eigenvalue weighted by Gasteiger charge is 2.10. The number of likely N-dealkylation sites (N-methyl/N-ethyl adjacent to an activating group) is 1. The van der Waals surface area contributed by atoms with Crippen LogP contribution in [0.3, 0.4) is 0 Å². The number of hydrogen-bond donors (Lipinski definition) is 1. The minimum Gasteiger partial charge on any atom is -0.358 e. The number of hydrogen-bond acceptors (Lipinski definition) is 3. The van der Waals surface area contributed by atoms with Crippen LogP contribution in [-0.4, -0.2) is 18.6 Å². The van der Waals surface area contributed by atoms with Crippen LogP contribution >= 0.6 is 11.6 Å². The summed E-state index contributed by atoms with van der Waals surface area (Å²) in [4.78, 5) is 6.40. The van der Waals surface area contributed by atoms with Crippen molar-refractivity contribution >= 4 is 17.4 Å². The summed E-state index contributed by atoms with van der Waals surface area (Å²) in [5.41, 5.74) is 7.89. The minimum atomic E-state index is 0.431. The molecule has 0 spiro atoms.